The molecule has 0 saturated heterocycles. The SMILES string of the molecule is Cc1cccc(CNC(=O)c2ccc(F)nc2)c1. The van der Waals surface area contributed by atoms with E-state index < -0.39 is 5.95 Å². The average Bonchev–Trinajstić information content (AvgIpc) is 2.37. The van der Waals surface area contributed by atoms with Gasteiger partial charge in [0.2, 0.25) is 5.95 Å². The molecule has 0 bridgehead atoms. The van der Waals surface area contributed by atoms with Gasteiger partial charge in [-0.15, -0.1) is 0 Å². The van der Waals surface area contributed by atoms with E-state index in [0.717, 1.165) is 11.1 Å². The van der Waals surface area contributed by atoms with E-state index in [2.05, 4.69) is 10.3 Å². The minimum absolute atomic E-state index is 0.260. The Morgan fingerprint density at radius 1 is 1.33 bits per heavy atom. The second kappa shape index (κ2) is 5.40. The van der Waals surface area contributed by atoms with Gasteiger partial charge in [-0.1, -0.05) is 29.8 Å². The molecule has 1 N–H and O–H groups in total. The van der Waals surface area contributed by atoms with Crippen molar-refractivity contribution in [1.29, 1.82) is 0 Å². The number of halogens is 1. The zero-order valence-electron chi connectivity index (χ0n) is 9.98. The summed E-state index contributed by atoms with van der Waals surface area (Å²) < 4.78 is 12.6. The van der Waals surface area contributed by atoms with Crippen LogP contribution in [0, 0.1) is 12.9 Å². The van der Waals surface area contributed by atoms with Crippen molar-refractivity contribution in [3.63, 3.8) is 0 Å². The van der Waals surface area contributed by atoms with Crippen molar-refractivity contribution < 1.29 is 9.18 Å². The molecule has 0 aliphatic carbocycles. The number of rotatable bonds is 3. The van der Waals surface area contributed by atoms with Crippen LogP contribution in [0.5, 0.6) is 0 Å². The Kier molecular flexibility index (Phi) is 3.67. The molecule has 3 nitrogen and oxygen atoms in total. The summed E-state index contributed by atoms with van der Waals surface area (Å²) in [6.07, 6.45) is 1.22. The maximum Gasteiger partial charge on any atom is 0.253 e. The van der Waals surface area contributed by atoms with E-state index in [1.54, 1.807) is 0 Å². The summed E-state index contributed by atoms with van der Waals surface area (Å²) in [7, 11) is 0. The van der Waals surface area contributed by atoms with Gasteiger partial charge < -0.3 is 5.32 Å². The highest BCUT2D eigenvalue weighted by Crippen LogP contribution is 2.04. The standard InChI is InChI=1S/C14H13FN2O/c1-10-3-2-4-11(7-10)8-17-14(18)12-5-6-13(15)16-9-12/h2-7,9H,8H2,1H3,(H,17,18). The lowest BCUT2D eigenvalue weighted by atomic mass is 10.1. The van der Waals surface area contributed by atoms with Crippen LogP contribution in [-0.4, -0.2) is 10.9 Å². The number of benzene rings is 1. The van der Waals surface area contributed by atoms with Crippen molar-refractivity contribution in [2.75, 3.05) is 0 Å². The number of amides is 1. The molecule has 1 heterocycles. The second-order valence-corrected chi connectivity index (χ2v) is 4.04. The van der Waals surface area contributed by atoms with Crippen LogP contribution in [0.3, 0.4) is 0 Å². The first kappa shape index (κ1) is 12.2. The Morgan fingerprint density at radius 3 is 2.83 bits per heavy atom. The number of carbonyl (C=O) groups excluding carboxylic acids is 1. The van der Waals surface area contributed by atoms with Gasteiger partial charge in [0.1, 0.15) is 0 Å². The predicted molar refractivity (Wildman–Crippen MR) is 66.5 cm³/mol. The summed E-state index contributed by atoms with van der Waals surface area (Å²) in [4.78, 5) is 15.2. The van der Waals surface area contributed by atoms with Crippen LogP contribution in [0.15, 0.2) is 42.6 Å². The highest BCUT2D eigenvalue weighted by Gasteiger charge is 2.05. The molecule has 1 aromatic carbocycles. The van der Waals surface area contributed by atoms with Crippen molar-refractivity contribution >= 4 is 5.91 Å². The minimum atomic E-state index is -0.592. The summed E-state index contributed by atoms with van der Waals surface area (Å²) >= 11 is 0. The molecule has 0 saturated carbocycles. The molecule has 0 spiro atoms. The van der Waals surface area contributed by atoms with Crippen molar-refractivity contribution in [3.8, 4) is 0 Å². The first-order valence-electron chi connectivity index (χ1n) is 5.60. The highest BCUT2D eigenvalue weighted by molar-refractivity contribution is 5.93. The molecule has 0 unspecified atom stereocenters. The van der Waals surface area contributed by atoms with Gasteiger partial charge >= 0.3 is 0 Å². The molecule has 0 aliphatic heterocycles. The van der Waals surface area contributed by atoms with E-state index in [1.807, 2.05) is 31.2 Å². The van der Waals surface area contributed by atoms with E-state index in [0.29, 0.717) is 12.1 Å². The molecular weight excluding hydrogens is 231 g/mol. The molecule has 18 heavy (non-hydrogen) atoms. The molecule has 1 aromatic heterocycles. The third-order valence-electron chi connectivity index (χ3n) is 2.53. The Hall–Kier alpha value is -2.23. The van der Waals surface area contributed by atoms with Crippen LogP contribution in [0.25, 0.3) is 0 Å². The van der Waals surface area contributed by atoms with E-state index in [1.165, 1.54) is 18.3 Å². The Balaban J connectivity index is 1.98. The van der Waals surface area contributed by atoms with E-state index in [9.17, 15) is 9.18 Å². The largest absolute Gasteiger partial charge is 0.348 e. The van der Waals surface area contributed by atoms with Gasteiger partial charge in [0.25, 0.3) is 5.91 Å². The zero-order valence-corrected chi connectivity index (χ0v) is 9.98. The molecule has 0 radical (unpaired) electrons. The Morgan fingerprint density at radius 2 is 2.17 bits per heavy atom. The van der Waals surface area contributed by atoms with E-state index >= 15 is 0 Å². The lowest BCUT2D eigenvalue weighted by Crippen LogP contribution is -2.22. The van der Waals surface area contributed by atoms with Crippen LogP contribution >= 0.6 is 0 Å². The van der Waals surface area contributed by atoms with Gasteiger partial charge in [0.15, 0.2) is 0 Å². The number of nitrogens with one attached hydrogen (secondary N) is 1. The Labute approximate surface area is 105 Å². The van der Waals surface area contributed by atoms with Gasteiger partial charge in [-0.25, -0.2) is 4.98 Å². The maximum absolute atomic E-state index is 12.6. The molecule has 0 fully saturated rings. The molecule has 0 atom stereocenters. The van der Waals surface area contributed by atoms with Gasteiger partial charge in [-0.2, -0.15) is 4.39 Å². The minimum Gasteiger partial charge on any atom is -0.348 e. The van der Waals surface area contributed by atoms with Crippen LogP contribution in [0.2, 0.25) is 0 Å². The molecule has 2 rings (SSSR count). The average molecular weight is 244 g/mol. The highest BCUT2D eigenvalue weighted by atomic mass is 19.1. The van der Waals surface area contributed by atoms with Crippen molar-refractivity contribution in [2.24, 2.45) is 0 Å². The van der Waals surface area contributed by atoms with Crippen LogP contribution in [-0.2, 0) is 6.54 Å². The quantitative estimate of drug-likeness (QED) is 0.843. The van der Waals surface area contributed by atoms with Gasteiger partial charge in [0.05, 0.1) is 5.56 Å². The van der Waals surface area contributed by atoms with Gasteiger partial charge in [-0.05, 0) is 24.6 Å². The maximum atomic E-state index is 12.6. The first-order valence-corrected chi connectivity index (χ1v) is 5.60. The number of aromatic nitrogens is 1. The van der Waals surface area contributed by atoms with Crippen molar-refractivity contribution in [1.82, 2.24) is 10.3 Å². The summed E-state index contributed by atoms with van der Waals surface area (Å²) in [5, 5.41) is 2.76. The summed E-state index contributed by atoms with van der Waals surface area (Å²) in [5.74, 6) is -0.853. The fourth-order valence-electron chi connectivity index (χ4n) is 1.62. The third kappa shape index (κ3) is 3.13. The van der Waals surface area contributed by atoms with Crippen LogP contribution in [0.1, 0.15) is 21.5 Å². The number of aryl methyl sites for hydroxylation is 1. The summed E-state index contributed by atoms with van der Waals surface area (Å²) in [6, 6.07) is 10.5. The molecule has 0 aliphatic rings. The topological polar surface area (TPSA) is 42.0 Å². The Bertz CT molecular complexity index is 552. The smallest absolute Gasteiger partial charge is 0.253 e. The third-order valence-corrected chi connectivity index (χ3v) is 2.53. The molecule has 1 amide bonds. The van der Waals surface area contributed by atoms with Gasteiger partial charge in [0, 0.05) is 12.7 Å². The summed E-state index contributed by atoms with van der Waals surface area (Å²) in [5.41, 5.74) is 2.52. The number of hydrogen-bond donors (Lipinski definition) is 1. The zero-order chi connectivity index (χ0) is 13.0. The number of carbonyl (C=O) groups is 1. The molecule has 92 valence electrons. The van der Waals surface area contributed by atoms with Crippen molar-refractivity contribution in [2.45, 2.75) is 13.5 Å². The second-order valence-electron chi connectivity index (χ2n) is 4.04. The molecule has 2 aromatic rings. The van der Waals surface area contributed by atoms with E-state index in [4.69, 9.17) is 0 Å². The number of pyridine rings is 1. The summed E-state index contributed by atoms with van der Waals surface area (Å²) in [6.45, 7) is 2.44. The lowest BCUT2D eigenvalue weighted by Gasteiger charge is -2.05. The number of hydrogen-bond acceptors (Lipinski definition) is 2. The number of nitrogens with zero attached hydrogens (tertiary/aromatic N) is 1. The molecule has 4 heteroatoms. The fraction of sp³-hybridized carbons (Fsp3) is 0.143. The normalized spacial score (nSPS) is 10.1. The fourth-order valence-corrected chi connectivity index (χ4v) is 1.62. The first-order chi connectivity index (χ1) is 8.65. The van der Waals surface area contributed by atoms with Crippen LogP contribution in [0.4, 0.5) is 4.39 Å². The lowest BCUT2D eigenvalue weighted by molar-refractivity contribution is 0.0950. The monoisotopic (exact) mass is 244 g/mol. The molecular formula is C14H13FN2O. The predicted octanol–water partition coefficient (Wildman–Crippen LogP) is 2.46. The van der Waals surface area contributed by atoms with Gasteiger partial charge in [-0.3, -0.25) is 4.79 Å². The van der Waals surface area contributed by atoms with Crippen molar-refractivity contribution in [3.05, 3.63) is 65.2 Å². The van der Waals surface area contributed by atoms with Crippen LogP contribution < -0.4 is 5.32 Å². The van der Waals surface area contributed by atoms with E-state index in [-0.39, 0.29) is 5.91 Å².